The van der Waals surface area contributed by atoms with Crippen molar-refractivity contribution >= 4 is 46.4 Å². The molecule has 0 fully saturated rings. The van der Waals surface area contributed by atoms with Gasteiger partial charge in [0, 0.05) is 17.6 Å². The first-order valence-corrected chi connectivity index (χ1v) is 9.49. The van der Waals surface area contributed by atoms with Crippen LogP contribution in [0.25, 0.3) is 0 Å². The number of hydrogen-bond donors (Lipinski definition) is 1. The van der Waals surface area contributed by atoms with Crippen molar-refractivity contribution < 1.29 is 9.53 Å². The van der Waals surface area contributed by atoms with Crippen LogP contribution in [0.5, 0.6) is 5.75 Å². The summed E-state index contributed by atoms with van der Waals surface area (Å²) in [4.78, 5) is 14.6. The number of hydrogen-bond acceptors (Lipinski definition) is 3. The Bertz CT molecular complexity index is 764. The predicted octanol–water partition coefficient (Wildman–Crippen LogP) is 5.62. The van der Waals surface area contributed by atoms with Gasteiger partial charge in [0.1, 0.15) is 12.4 Å². The summed E-state index contributed by atoms with van der Waals surface area (Å²) in [6.07, 6.45) is 0. The van der Waals surface area contributed by atoms with Crippen molar-refractivity contribution in [2.45, 2.75) is 13.8 Å². The Hall–Kier alpha value is -1.46. The van der Waals surface area contributed by atoms with E-state index < -0.39 is 0 Å². The molecule has 0 atom stereocenters. The van der Waals surface area contributed by atoms with Crippen LogP contribution < -0.4 is 10.1 Å². The van der Waals surface area contributed by atoms with Crippen LogP contribution in [-0.2, 0) is 0 Å². The normalized spacial score (nSPS) is 10.8. The highest BCUT2D eigenvalue weighted by molar-refractivity contribution is 6.37. The summed E-state index contributed by atoms with van der Waals surface area (Å²) < 4.78 is 5.72. The fraction of sp³-hybridized carbons (Fsp3) is 0.316. The molecule has 1 amide bonds. The molecule has 0 aromatic heterocycles. The number of rotatable bonds is 8. The zero-order valence-electron chi connectivity index (χ0n) is 14.7. The van der Waals surface area contributed by atoms with Crippen LogP contribution in [0.15, 0.2) is 36.4 Å². The molecule has 0 spiro atoms. The van der Waals surface area contributed by atoms with Gasteiger partial charge in [-0.3, -0.25) is 4.79 Å². The molecule has 26 heavy (non-hydrogen) atoms. The van der Waals surface area contributed by atoms with E-state index >= 15 is 0 Å². The van der Waals surface area contributed by atoms with E-state index in [2.05, 4.69) is 24.1 Å². The second kappa shape index (κ2) is 10.0. The highest BCUT2D eigenvalue weighted by Crippen LogP contribution is 2.28. The molecule has 7 heteroatoms. The van der Waals surface area contributed by atoms with Crippen LogP contribution >= 0.6 is 34.8 Å². The molecule has 1 N–H and O–H groups in total. The average Bonchev–Trinajstić information content (AvgIpc) is 2.61. The van der Waals surface area contributed by atoms with Crippen molar-refractivity contribution in [2.24, 2.45) is 0 Å². The summed E-state index contributed by atoms with van der Waals surface area (Å²) in [7, 11) is 0. The number of likely N-dealkylation sites (N-methyl/N-ethyl adjacent to an activating group) is 1. The van der Waals surface area contributed by atoms with Gasteiger partial charge in [-0.05, 0) is 43.4 Å². The molecule has 2 aromatic carbocycles. The van der Waals surface area contributed by atoms with E-state index in [9.17, 15) is 4.79 Å². The zero-order chi connectivity index (χ0) is 19.1. The van der Waals surface area contributed by atoms with Gasteiger partial charge in [0.25, 0.3) is 5.91 Å². The number of amides is 1. The summed E-state index contributed by atoms with van der Waals surface area (Å²) in [6, 6.07) is 9.86. The first-order chi connectivity index (χ1) is 12.4. The second-order valence-corrected chi connectivity index (χ2v) is 6.85. The molecule has 0 saturated carbocycles. The minimum Gasteiger partial charge on any atom is -0.492 e. The van der Waals surface area contributed by atoms with Crippen molar-refractivity contribution in [2.75, 3.05) is 31.6 Å². The van der Waals surface area contributed by atoms with E-state index in [0.29, 0.717) is 33.7 Å². The van der Waals surface area contributed by atoms with Crippen molar-refractivity contribution in [3.63, 3.8) is 0 Å². The van der Waals surface area contributed by atoms with Gasteiger partial charge in [0.2, 0.25) is 0 Å². The highest BCUT2D eigenvalue weighted by atomic mass is 35.5. The summed E-state index contributed by atoms with van der Waals surface area (Å²) >= 11 is 18.2. The number of nitrogens with zero attached hydrogens (tertiary/aromatic N) is 1. The second-order valence-electron chi connectivity index (χ2n) is 5.60. The van der Waals surface area contributed by atoms with E-state index in [0.717, 1.165) is 19.6 Å². The quantitative estimate of drug-likeness (QED) is 0.608. The molecule has 0 heterocycles. The smallest absolute Gasteiger partial charge is 0.257 e. The molecule has 0 saturated heterocycles. The minimum atomic E-state index is -0.358. The Balaban J connectivity index is 1.99. The third-order valence-corrected chi connectivity index (χ3v) is 4.80. The molecule has 2 aromatic rings. The van der Waals surface area contributed by atoms with Crippen LogP contribution in [0.3, 0.4) is 0 Å². The van der Waals surface area contributed by atoms with Gasteiger partial charge in [-0.15, -0.1) is 0 Å². The van der Waals surface area contributed by atoms with Gasteiger partial charge < -0.3 is 15.0 Å². The molecule has 0 aliphatic rings. The maximum Gasteiger partial charge on any atom is 0.257 e. The fourth-order valence-electron chi connectivity index (χ4n) is 2.38. The Morgan fingerprint density at radius 2 is 1.77 bits per heavy atom. The maximum atomic E-state index is 12.4. The first-order valence-electron chi connectivity index (χ1n) is 8.35. The third-order valence-electron chi connectivity index (χ3n) is 3.94. The number of benzene rings is 2. The molecule has 0 aliphatic carbocycles. The molecular formula is C19H21Cl3N2O2. The molecule has 0 unspecified atom stereocenters. The lowest BCUT2D eigenvalue weighted by atomic mass is 10.2. The summed E-state index contributed by atoms with van der Waals surface area (Å²) in [5.41, 5.74) is 0.811. The number of carbonyl (C=O) groups excluding carboxylic acids is 1. The first kappa shape index (κ1) is 20.8. The lowest BCUT2D eigenvalue weighted by molar-refractivity contribution is 0.102. The number of ether oxygens (including phenoxy) is 1. The monoisotopic (exact) mass is 414 g/mol. The van der Waals surface area contributed by atoms with Crippen LogP contribution in [-0.4, -0.2) is 37.0 Å². The van der Waals surface area contributed by atoms with Crippen molar-refractivity contribution in [1.29, 1.82) is 0 Å². The van der Waals surface area contributed by atoms with Gasteiger partial charge in [0.05, 0.1) is 21.3 Å². The molecule has 0 aliphatic heterocycles. The van der Waals surface area contributed by atoms with Gasteiger partial charge in [-0.1, -0.05) is 48.7 Å². The van der Waals surface area contributed by atoms with Gasteiger partial charge in [-0.2, -0.15) is 0 Å². The molecule has 0 bridgehead atoms. The average molecular weight is 416 g/mol. The fourth-order valence-corrected chi connectivity index (χ4v) is 3.09. The number of nitrogens with one attached hydrogen (secondary N) is 1. The summed E-state index contributed by atoms with van der Waals surface area (Å²) in [5.74, 6) is 0.299. The Labute approximate surface area is 169 Å². The highest BCUT2D eigenvalue weighted by Gasteiger charge is 2.13. The van der Waals surface area contributed by atoms with Gasteiger partial charge in [-0.25, -0.2) is 0 Å². The molecule has 0 radical (unpaired) electrons. The summed E-state index contributed by atoms with van der Waals surface area (Å²) in [5, 5.41) is 3.89. The van der Waals surface area contributed by atoms with Crippen LogP contribution in [0.1, 0.15) is 24.2 Å². The Morgan fingerprint density at radius 3 is 2.38 bits per heavy atom. The third kappa shape index (κ3) is 5.78. The molecule has 2 rings (SSSR count). The summed E-state index contributed by atoms with van der Waals surface area (Å²) in [6.45, 7) is 7.62. The van der Waals surface area contributed by atoms with Crippen LogP contribution in [0.2, 0.25) is 15.1 Å². The molecular weight excluding hydrogens is 395 g/mol. The Kier molecular flexibility index (Phi) is 8.04. The Morgan fingerprint density at radius 1 is 1.04 bits per heavy atom. The standard InChI is InChI=1S/C19H21Cl3N2O2/c1-3-24(4-2)9-10-26-14-6-8-18(17(22)12-14)23-19(25)15-7-5-13(20)11-16(15)21/h5-8,11-12H,3-4,9-10H2,1-2H3,(H,23,25). The number of carbonyl (C=O) groups is 1. The largest absolute Gasteiger partial charge is 0.492 e. The van der Waals surface area contributed by atoms with Gasteiger partial charge in [0.15, 0.2) is 0 Å². The SMILES string of the molecule is CCN(CC)CCOc1ccc(NC(=O)c2ccc(Cl)cc2Cl)c(Cl)c1. The lowest BCUT2D eigenvalue weighted by Gasteiger charge is -2.18. The zero-order valence-corrected chi connectivity index (χ0v) is 17.0. The maximum absolute atomic E-state index is 12.4. The predicted molar refractivity (Wildman–Crippen MR) is 109 cm³/mol. The van der Waals surface area contributed by atoms with Crippen LogP contribution in [0.4, 0.5) is 5.69 Å². The lowest BCUT2D eigenvalue weighted by Crippen LogP contribution is -2.27. The number of anilines is 1. The minimum absolute atomic E-state index is 0.280. The molecule has 140 valence electrons. The van der Waals surface area contributed by atoms with Gasteiger partial charge >= 0.3 is 0 Å². The van der Waals surface area contributed by atoms with Crippen molar-refractivity contribution in [3.8, 4) is 5.75 Å². The number of halogens is 3. The van der Waals surface area contributed by atoms with E-state index in [4.69, 9.17) is 39.5 Å². The van der Waals surface area contributed by atoms with E-state index in [1.54, 1.807) is 30.3 Å². The van der Waals surface area contributed by atoms with Crippen LogP contribution in [0, 0.1) is 0 Å². The topological polar surface area (TPSA) is 41.6 Å². The van der Waals surface area contributed by atoms with Crippen molar-refractivity contribution in [1.82, 2.24) is 4.90 Å². The van der Waals surface area contributed by atoms with E-state index in [-0.39, 0.29) is 10.9 Å². The van der Waals surface area contributed by atoms with E-state index in [1.165, 1.54) is 6.07 Å². The molecule has 4 nitrogen and oxygen atoms in total. The van der Waals surface area contributed by atoms with Crippen molar-refractivity contribution in [3.05, 3.63) is 57.0 Å². The van der Waals surface area contributed by atoms with E-state index in [1.807, 2.05) is 0 Å².